The Morgan fingerprint density at radius 2 is 2.14 bits per heavy atom. The minimum absolute atomic E-state index is 0.103. The van der Waals surface area contributed by atoms with Crippen molar-refractivity contribution in [1.82, 2.24) is 4.98 Å². The average Bonchev–Trinajstić information content (AvgIpc) is 2.92. The molecule has 1 aliphatic heterocycles. The van der Waals surface area contributed by atoms with Gasteiger partial charge in [-0.2, -0.15) is 0 Å². The van der Waals surface area contributed by atoms with E-state index < -0.39 is 0 Å². The van der Waals surface area contributed by atoms with E-state index in [1.54, 1.807) is 18.3 Å². The standard InChI is InChI=1S/C16H15ClN2OS/c1-11(21-15-13(17)6-4-9-18-15)16(20)19-10-8-12-5-2-3-7-14(12)19/h2-7,9,11H,8,10H2,1H3/t11-/m1/s1. The van der Waals surface area contributed by atoms with Crippen molar-refractivity contribution in [3.63, 3.8) is 0 Å². The van der Waals surface area contributed by atoms with Crippen molar-refractivity contribution in [1.29, 1.82) is 0 Å². The molecule has 1 aliphatic rings. The number of thioether (sulfide) groups is 1. The first-order valence-corrected chi connectivity index (χ1v) is 8.09. The second-order valence-corrected chi connectivity index (χ2v) is 6.66. The molecular formula is C16H15ClN2OS. The molecule has 1 aromatic carbocycles. The summed E-state index contributed by atoms with van der Waals surface area (Å²) in [4.78, 5) is 18.8. The van der Waals surface area contributed by atoms with Crippen molar-refractivity contribution in [3.05, 3.63) is 53.2 Å². The molecule has 1 aromatic heterocycles. The number of halogens is 1. The molecular weight excluding hydrogens is 304 g/mol. The fraction of sp³-hybridized carbons (Fsp3) is 0.250. The van der Waals surface area contributed by atoms with Crippen LogP contribution in [0.3, 0.4) is 0 Å². The summed E-state index contributed by atoms with van der Waals surface area (Å²) in [6, 6.07) is 11.6. The van der Waals surface area contributed by atoms with Gasteiger partial charge in [-0.25, -0.2) is 4.98 Å². The Morgan fingerprint density at radius 1 is 1.33 bits per heavy atom. The van der Waals surface area contributed by atoms with E-state index in [9.17, 15) is 4.79 Å². The molecule has 5 heteroatoms. The number of carbonyl (C=O) groups excluding carboxylic acids is 1. The number of nitrogens with zero attached hydrogens (tertiary/aromatic N) is 2. The van der Waals surface area contributed by atoms with Gasteiger partial charge in [0.05, 0.1) is 10.3 Å². The highest BCUT2D eigenvalue weighted by Crippen LogP contribution is 2.32. The smallest absolute Gasteiger partial charge is 0.240 e. The topological polar surface area (TPSA) is 33.2 Å². The quantitative estimate of drug-likeness (QED) is 0.807. The van der Waals surface area contributed by atoms with Crippen LogP contribution >= 0.6 is 23.4 Å². The molecule has 0 aliphatic carbocycles. The van der Waals surface area contributed by atoms with Crippen LogP contribution in [-0.4, -0.2) is 22.7 Å². The second kappa shape index (κ2) is 6.08. The summed E-state index contributed by atoms with van der Waals surface area (Å²) in [5.41, 5.74) is 2.26. The van der Waals surface area contributed by atoms with E-state index in [1.165, 1.54) is 17.3 Å². The third-order valence-electron chi connectivity index (χ3n) is 3.51. The number of benzene rings is 1. The predicted octanol–water partition coefficient (Wildman–Crippen LogP) is 3.80. The average molecular weight is 319 g/mol. The Kier molecular flexibility index (Phi) is 4.17. The van der Waals surface area contributed by atoms with Crippen molar-refractivity contribution in [2.75, 3.05) is 11.4 Å². The number of amides is 1. The first-order valence-electron chi connectivity index (χ1n) is 6.83. The van der Waals surface area contributed by atoms with Crippen LogP contribution in [0.15, 0.2) is 47.6 Å². The molecule has 1 atom stereocenters. The van der Waals surface area contributed by atoms with Gasteiger partial charge in [0.2, 0.25) is 5.91 Å². The summed E-state index contributed by atoms with van der Waals surface area (Å²) < 4.78 is 0. The Morgan fingerprint density at radius 3 is 2.95 bits per heavy atom. The summed E-state index contributed by atoms with van der Waals surface area (Å²) in [7, 11) is 0. The summed E-state index contributed by atoms with van der Waals surface area (Å²) >= 11 is 7.51. The van der Waals surface area contributed by atoms with E-state index in [0.717, 1.165) is 18.7 Å². The molecule has 0 spiro atoms. The van der Waals surface area contributed by atoms with Crippen LogP contribution in [0.1, 0.15) is 12.5 Å². The van der Waals surface area contributed by atoms with Crippen molar-refractivity contribution in [3.8, 4) is 0 Å². The number of para-hydroxylation sites is 1. The number of aromatic nitrogens is 1. The van der Waals surface area contributed by atoms with Gasteiger partial charge < -0.3 is 4.90 Å². The van der Waals surface area contributed by atoms with Gasteiger partial charge in [0.1, 0.15) is 5.03 Å². The lowest BCUT2D eigenvalue weighted by Crippen LogP contribution is -2.35. The zero-order chi connectivity index (χ0) is 14.8. The first kappa shape index (κ1) is 14.4. The molecule has 3 rings (SSSR count). The SMILES string of the molecule is C[C@@H](Sc1ncccc1Cl)C(=O)N1CCc2ccccc21. The van der Waals surface area contributed by atoms with E-state index in [0.29, 0.717) is 10.0 Å². The number of hydrogen-bond acceptors (Lipinski definition) is 3. The van der Waals surface area contributed by atoms with Crippen molar-refractivity contribution in [2.24, 2.45) is 0 Å². The Labute approximate surface area is 133 Å². The number of carbonyl (C=O) groups is 1. The molecule has 1 amide bonds. The van der Waals surface area contributed by atoms with Crippen LogP contribution in [0.4, 0.5) is 5.69 Å². The molecule has 0 radical (unpaired) electrons. The summed E-state index contributed by atoms with van der Waals surface area (Å²) in [5.74, 6) is 0.103. The van der Waals surface area contributed by atoms with Gasteiger partial charge >= 0.3 is 0 Å². The van der Waals surface area contributed by atoms with Gasteiger partial charge in [-0.3, -0.25) is 4.79 Å². The molecule has 2 heterocycles. The molecule has 3 nitrogen and oxygen atoms in total. The predicted molar refractivity (Wildman–Crippen MR) is 87.1 cm³/mol. The van der Waals surface area contributed by atoms with Crippen molar-refractivity contribution < 1.29 is 4.79 Å². The largest absolute Gasteiger partial charge is 0.311 e. The monoisotopic (exact) mass is 318 g/mol. The molecule has 0 N–H and O–H groups in total. The fourth-order valence-electron chi connectivity index (χ4n) is 2.46. The maximum absolute atomic E-state index is 12.7. The Hall–Kier alpha value is -1.52. The van der Waals surface area contributed by atoms with Crippen LogP contribution in [0, 0.1) is 0 Å². The van der Waals surface area contributed by atoms with E-state index in [1.807, 2.05) is 30.0 Å². The molecule has 0 bridgehead atoms. The number of anilines is 1. The molecule has 108 valence electrons. The molecule has 0 fully saturated rings. The van der Waals surface area contributed by atoms with Crippen LogP contribution < -0.4 is 4.90 Å². The molecule has 0 unspecified atom stereocenters. The lowest BCUT2D eigenvalue weighted by atomic mass is 10.2. The van der Waals surface area contributed by atoms with Crippen LogP contribution in [0.25, 0.3) is 0 Å². The fourth-order valence-corrected chi connectivity index (χ4v) is 3.58. The maximum Gasteiger partial charge on any atom is 0.240 e. The molecule has 0 saturated heterocycles. The number of pyridine rings is 1. The summed E-state index contributed by atoms with van der Waals surface area (Å²) in [6.07, 6.45) is 2.61. The number of hydrogen-bond donors (Lipinski definition) is 0. The minimum Gasteiger partial charge on any atom is -0.311 e. The van der Waals surface area contributed by atoms with Crippen LogP contribution in [-0.2, 0) is 11.2 Å². The Balaban J connectivity index is 1.76. The second-order valence-electron chi connectivity index (χ2n) is 4.92. The third kappa shape index (κ3) is 2.92. The van der Waals surface area contributed by atoms with E-state index in [4.69, 9.17) is 11.6 Å². The highest BCUT2D eigenvalue weighted by molar-refractivity contribution is 8.00. The van der Waals surface area contributed by atoms with E-state index >= 15 is 0 Å². The van der Waals surface area contributed by atoms with E-state index in [-0.39, 0.29) is 11.2 Å². The highest BCUT2D eigenvalue weighted by Gasteiger charge is 2.28. The maximum atomic E-state index is 12.7. The lowest BCUT2D eigenvalue weighted by Gasteiger charge is -2.21. The molecule has 21 heavy (non-hydrogen) atoms. The number of rotatable bonds is 3. The van der Waals surface area contributed by atoms with Crippen molar-refractivity contribution >= 4 is 35.0 Å². The van der Waals surface area contributed by atoms with Crippen LogP contribution in [0.2, 0.25) is 5.02 Å². The third-order valence-corrected chi connectivity index (χ3v) is 5.03. The minimum atomic E-state index is -0.219. The normalized spacial score (nSPS) is 14.9. The zero-order valence-electron chi connectivity index (χ0n) is 11.6. The summed E-state index contributed by atoms with van der Waals surface area (Å²) in [5, 5.41) is 1.07. The van der Waals surface area contributed by atoms with Gasteiger partial charge in [0.15, 0.2) is 0 Å². The molecule has 2 aromatic rings. The first-order chi connectivity index (χ1) is 10.2. The highest BCUT2D eigenvalue weighted by atomic mass is 35.5. The van der Waals surface area contributed by atoms with Gasteiger partial charge in [0, 0.05) is 18.4 Å². The van der Waals surface area contributed by atoms with Gasteiger partial charge in [0.25, 0.3) is 0 Å². The zero-order valence-corrected chi connectivity index (χ0v) is 13.2. The molecule has 0 saturated carbocycles. The number of fused-ring (bicyclic) bond motifs is 1. The van der Waals surface area contributed by atoms with Gasteiger partial charge in [-0.1, -0.05) is 41.6 Å². The Bertz CT molecular complexity index is 677. The van der Waals surface area contributed by atoms with E-state index in [2.05, 4.69) is 11.1 Å². The lowest BCUT2D eigenvalue weighted by molar-refractivity contribution is -0.117. The van der Waals surface area contributed by atoms with Gasteiger partial charge in [-0.15, -0.1) is 0 Å². The van der Waals surface area contributed by atoms with Gasteiger partial charge in [-0.05, 0) is 37.1 Å². The van der Waals surface area contributed by atoms with Crippen LogP contribution in [0.5, 0.6) is 0 Å². The van der Waals surface area contributed by atoms with Crippen molar-refractivity contribution in [2.45, 2.75) is 23.6 Å². The summed E-state index contributed by atoms with van der Waals surface area (Å²) in [6.45, 7) is 2.65.